The molecule has 0 radical (unpaired) electrons. The van der Waals surface area contributed by atoms with Crippen molar-refractivity contribution in [3.8, 4) is 0 Å². The molecule has 0 spiro atoms. The van der Waals surface area contributed by atoms with Gasteiger partial charge in [0.25, 0.3) is 5.91 Å². The summed E-state index contributed by atoms with van der Waals surface area (Å²) in [6.45, 7) is 2.55. The van der Waals surface area contributed by atoms with Gasteiger partial charge in [0.05, 0.1) is 5.56 Å². The Kier molecular flexibility index (Phi) is 4.32. The second-order valence-electron chi connectivity index (χ2n) is 4.50. The minimum Gasteiger partial charge on any atom is -0.337 e. The molecule has 0 bridgehead atoms. The lowest BCUT2D eigenvalue weighted by Gasteiger charge is -2.18. The minimum absolute atomic E-state index is 0.00684. The number of benzene rings is 1. The van der Waals surface area contributed by atoms with Gasteiger partial charge in [-0.3, -0.25) is 9.78 Å². The highest BCUT2D eigenvalue weighted by Gasteiger charge is 2.15. The number of pyridine rings is 1. The van der Waals surface area contributed by atoms with Crippen LogP contribution in [0, 0.1) is 6.92 Å². The summed E-state index contributed by atoms with van der Waals surface area (Å²) in [6.07, 6.45) is 3.46. The first kappa shape index (κ1) is 13.7. The van der Waals surface area contributed by atoms with E-state index in [1.54, 1.807) is 24.3 Å². The van der Waals surface area contributed by atoms with Gasteiger partial charge in [0.1, 0.15) is 0 Å². The smallest absolute Gasteiger partial charge is 0.255 e. The Labute approximate surface area is 121 Å². The summed E-state index contributed by atoms with van der Waals surface area (Å²) < 4.78 is 0.824. The van der Waals surface area contributed by atoms with Gasteiger partial charge in [0.2, 0.25) is 0 Å². The van der Waals surface area contributed by atoms with Crippen LogP contribution >= 0.6 is 15.9 Å². The third-order valence-electron chi connectivity index (χ3n) is 2.87. The highest BCUT2D eigenvalue weighted by atomic mass is 79.9. The Morgan fingerprint density at radius 1 is 1.26 bits per heavy atom. The van der Waals surface area contributed by atoms with Crippen molar-refractivity contribution in [1.82, 2.24) is 9.88 Å². The van der Waals surface area contributed by atoms with E-state index in [9.17, 15) is 4.79 Å². The molecule has 0 N–H and O–H groups in total. The van der Waals surface area contributed by atoms with E-state index in [-0.39, 0.29) is 5.91 Å². The maximum absolute atomic E-state index is 12.4. The van der Waals surface area contributed by atoms with Gasteiger partial charge in [-0.15, -0.1) is 0 Å². The first-order chi connectivity index (χ1) is 9.08. The fourth-order valence-electron chi connectivity index (χ4n) is 1.84. The molecule has 1 amide bonds. The SMILES string of the molecule is Cc1ccc(Br)c(C(=O)N(C)Cc2ccncc2)c1. The van der Waals surface area contributed by atoms with E-state index in [2.05, 4.69) is 20.9 Å². The maximum Gasteiger partial charge on any atom is 0.255 e. The zero-order chi connectivity index (χ0) is 13.8. The molecular weight excluding hydrogens is 304 g/mol. The van der Waals surface area contributed by atoms with Crippen LogP contribution in [-0.4, -0.2) is 22.8 Å². The molecule has 0 atom stereocenters. The predicted molar refractivity (Wildman–Crippen MR) is 78.9 cm³/mol. The van der Waals surface area contributed by atoms with Gasteiger partial charge in [-0.2, -0.15) is 0 Å². The molecule has 0 aliphatic heterocycles. The Morgan fingerprint density at radius 2 is 1.95 bits per heavy atom. The van der Waals surface area contributed by atoms with E-state index >= 15 is 0 Å². The Morgan fingerprint density at radius 3 is 2.63 bits per heavy atom. The number of halogens is 1. The lowest BCUT2D eigenvalue weighted by molar-refractivity contribution is 0.0784. The van der Waals surface area contributed by atoms with E-state index < -0.39 is 0 Å². The number of hydrogen-bond acceptors (Lipinski definition) is 2. The van der Waals surface area contributed by atoms with E-state index in [0.717, 1.165) is 15.6 Å². The van der Waals surface area contributed by atoms with Crippen LogP contribution in [0.4, 0.5) is 0 Å². The molecule has 0 saturated carbocycles. The van der Waals surface area contributed by atoms with E-state index in [4.69, 9.17) is 0 Å². The molecule has 0 fully saturated rings. The monoisotopic (exact) mass is 318 g/mol. The number of carbonyl (C=O) groups is 1. The lowest BCUT2D eigenvalue weighted by atomic mass is 10.1. The van der Waals surface area contributed by atoms with Crippen molar-refractivity contribution in [2.45, 2.75) is 13.5 Å². The van der Waals surface area contributed by atoms with Crippen molar-refractivity contribution in [2.75, 3.05) is 7.05 Å². The van der Waals surface area contributed by atoms with Crippen LogP contribution in [0.25, 0.3) is 0 Å². The third-order valence-corrected chi connectivity index (χ3v) is 3.56. The molecule has 98 valence electrons. The van der Waals surface area contributed by atoms with Crippen LogP contribution in [0.2, 0.25) is 0 Å². The van der Waals surface area contributed by atoms with Crippen LogP contribution in [0.3, 0.4) is 0 Å². The second kappa shape index (κ2) is 5.97. The fourth-order valence-corrected chi connectivity index (χ4v) is 2.26. The lowest BCUT2D eigenvalue weighted by Crippen LogP contribution is -2.26. The number of hydrogen-bond donors (Lipinski definition) is 0. The summed E-state index contributed by atoms with van der Waals surface area (Å²) >= 11 is 3.43. The summed E-state index contributed by atoms with van der Waals surface area (Å²) in [5, 5.41) is 0. The number of rotatable bonds is 3. The van der Waals surface area contributed by atoms with E-state index in [1.807, 2.05) is 37.3 Å². The third kappa shape index (κ3) is 3.41. The van der Waals surface area contributed by atoms with Crippen molar-refractivity contribution in [3.63, 3.8) is 0 Å². The molecule has 1 heterocycles. The number of aryl methyl sites for hydroxylation is 1. The predicted octanol–water partition coefficient (Wildman–Crippen LogP) is 3.42. The Bertz CT molecular complexity index is 584. The molecule has 2 rings (SSSR count). The van der Waals surface area contributed by atoms with Crippen LogP contribution < -0.4 is 0 Å². The molecule has 1 aromatic carbocycles. The number of aromatic nitrogens is 1. The highest BCUT2D eigenvalue weighted by molar-refractivity contribution is 9.10. The molecule has 0 saturated heterocycles. The van der Waals surface area contributed by atoms with Crippen molar-refractivity contribution in [3.05, 3.63) is 63.9 Å². The number of nitrogens with zero attached hydrogens (tertiary/aromatic N) is 2. The minimum atomic E-state index is 0.00684. The zero-order valence-corrected chi connectivity index (χ0v) is 12.5. The number of amides is 1. The van der Waals surface area contributed by atoms with E-state index in [0.29, 0.717) is 12.1 Å². The van der Waals surface area contributed by atoms with Crippen LogP contribution in [0.5, 0.6) is 0 Å². The average molecular weight is 319 g/mol. The summed E-state index contributed by atoms with van der Waals surface area (Å²) in [4.78, 5) is 18.1. The van der Waals surface area contributed by atoms with Gasteiger partial charge in [0, 0.05) is 30.5 Å². The quantitative estimate of drug-likeness (QED) is 0.868. The molecule has 0 aliphatic rings. The molecule has 2 aromatic rings. The maximum atomic E-state index is 12.4. The molecule has 3 nitrogen and oxygen atoms in total. The highest BCUT2D eigenvalue weighted by Crippen LogP contribution is 2.20. The van der Waals surface area contributed by atoms with Crippen LogP contribution in [0.1, 0.15) is 21.5 Å². The van der Waals surface area contributed by atoms with Gasteiger partial charge < -0.3 is 4.90 Å². The van der Waals surface area contributed by atoms with E-state index in [1.165, 1.54) is 0 Å². The summed E-state index contributed by atoms with van der Waals surface area (Å²) in [5.41, 5.74) is 2.83. The van der Waals surface area contributed by atoms with Crippen LogP contribution in [0.15, 0.2) is 47.2 Å². The van der Waals surface area contributed by atoms with Crippen molar-refractivity contribution >= 4 is 21.8 Å². The topological polar surface area (TPSA) is 33.2 Å². The van der Waals surface area contributed by atoms with Crippen molar-refractivity contribution in [1.29, 1.82) is 0 Å². The molecule has 4 heteroatoms. The standard InChI is InChI=1S/C15H15BrN2O/c1-11-3-4-14(16)13(9-11)15(19)18(2)10-12-5-7-17-8-6-12/h3-9H,10H2,1-2H3. The van der Waals surface area contributed by atoms with Gasteiger partial charge in [-0.05, 0) is 52.7 Å². The fraction of sp³-hybridized carbons (Fsp3) is 0.200. The summed E-state index contributed by atoms with van der Waals surface area (Å²) in [5.74, 6) is 0.00684. The van der Waals surface area contributed by atoms with Crippen molar-refractivity contribution in [2.24, 2.45) is 0 Å². The average Bonchev–Trinajstić information content (AvgIpc) is 2.42. The largest absolute Gasteiger partial charge is 0.337 e. The molecule has 0 aliphatic carbocycles. The number of carbonyl (C=O) groups excluding carboxylic acids is 1. The van der Waals surface area contributed by atoms with Gasteiger partial charge in [0.15, 0.2) is 0 Å². The molecule has 0 unspecified atom stereocenters. The molecule has 1 aromatic heterocycles. The normalized spacial score (nSPS) is 10.3. The molecule has 19 heavy (non-hydrogen) atoms. The summed E-state index contributed by atoms with van der Waals surface area (Å²) in [6, 6.07) is 9.60. The first-order valence-electron chi connectivity index (χ1n) is 5.98. The Hall–Kier alpha value is -1.68. The Balaban J connectivity index is 2.17. The molecular formula is C15H15BrN2O. The van der Waals surface area contributed by atoms with Crippen LogP contribution in [-0.2, 0) is 6.54 Å². The second-order valence-corrected chi connectivity index (χ2v) is 5.35. The van der Waals surface area contributed by atoms with Gasteiger partial charge in [-0.25, -0.2) is 0 Å². The van der Waals surface area contributed by atoms with Gasteiger partial charge in [-0.1, -0.05) is 11.6 Å². The van der Waals surface area contributed by atoms with Gasteiger partial charge >= 0.3 is 0 Å². The zero-order valence-electron chi connectivity index (χ0n) is 10.9. The first-order valence-corrected chi connectivity index (χ1v) is 6.78. The summed E-state index contributed by atoms with van der Waals surface area (Å²) in [7, 11) is 1.80. The van der Waals surface area contributed by atoms with Crippen molar-refractivity contribution < 1.29 is 4.79 Å².